The molecule has 4 nitrogen and oxygen atoms in total. The summed E-state index contributed by atoms with van der Waals surface area (Å²) in [7, 11) is 0. The molecule has 5 heteroatoms. The summed E-state index contributed by atoms with van der Waals surface area (Å²) < 4.78 is 9.13. The fraction of sp³-hybridized carbons (Fsp3) is 0.208. The molecule has 0 bridgehead atoms. The third-order valence-corrected chi connectivity index (χ3v) is 11.2. The molecule has 9 rings (SSSR count). The molecule has 5 aromatic carbocycles. The van der Waals surface area contributed by atoms with Crippen LogP contribution in [0.4, 0.5) is 0 Å². The van der Waals surface area contributed by atoms with Gasteiger partial charge in [-0.25, -0.2) is 4.98 Å². The van der Waals surface area contributed by atoms with E-state index in [1.807, 2.05) is 42.6 Å². The molecule has 0 aliphatic carbocycles. The lowest BCUT2D eigenvalue weighted by Gasteiger charge is -2.17. The zero-order valence-electron chi connectivity index (χ0n) is 31.0. The number of benzene rings is 5. The Hall–Kier alpha value is -5.52. The summed E-state index contributed by atoms with van der Waals surface area (Å²) in [6.45, 7) is 13.6. The number of phenolic OH excluding ortho intramolecular Hbond substituents is 1. The largest absolute Gasteiger partial charge is 0.506 e. The van der Waals surface area contributed by atoms with Crippen LogP contribution >= 0.6 is 11.3 Å². The molecule has 0 amide bonds. The molecule has 0 fully saturated rings. The van der Waals surface area contributed by atoms with Crippen molar-refractivity contribution in [1.82, 2.24) is 9.97 Å². The molecule has 0 saturated carbocycles. The molecule has 0 unspecified atom stereocenters. The van der Waals surface area contributed by atoms with Gasteiger partial charge in [-0.05, 0) is 76.6 Å². The van der Waals surface area contributed by atoms with Gasteiger partial charge in [0.25, 0.3) is 0 Å². The molecule has 0 radical (unpaired) electrons. The van der Waals surface area contributed by atoms with Crippen LogP contribution in [-0.2, 0) is 12.8 Å². The summed E-state index contributed by atoms with van der Waals surface area (Å²) in [6.07, 6.45) is 3.73. The lowest BCUT2D eigenvalue weighted by Crippen LogP contribution is -2.08. The van der Waals surface area contributed by atoms with Gasteiger partial charge in [-0.1, -0.05) is 114 Å². The van der Waals surface area contributed by atoms with Crippen LogP contribution in [0.3, 0.4) is 0 Å². The number of thiophene rings is 1. The smallest absolute Gasteiger partial charge is 0.149 e. The fourth-order valence-corrected chi connectivity index (χ4v) is 9.15. The van der Waals surface area contributed by atoms with E-state index in [-0.39, 0.29) is 16.6 Å². The average Bonchev–Trinajstić information content (AvgIpc) is 3.68. The number of phenols is 1. The van der Waals surface area contributed by atoms with Gasteiger partial charge in [0.1, 0.15) is 16.9 Å². The first-order valence-corrected chi connectivity index (χ1v) is 19.2. The van der Waals surface area contributed by atoms with Crippen molar-refractivity contribution < 1.29 is 9.52 Å². The molecule has 4 heterocycles. The van der Waals surface area contributed by atoms with Gasteiger partial charge < -0.3 is 9.52 Å². The van der Waals surface area contributed by atoms with E-state index in [1.54, 1.807) is 11.3 Å². The number of fused-ring (bicyclic) bond motifs is 8. The van der Waals surface area contributed by atoms with Crippen LogP contribution in [0.5, 0.6) is 5.75 Å². The Balaban J connectivity index is 1.37. The van der Waals surface area contributed by atoms with Gasteiger partial charge in [0.2, 0.25) is 0 Å². The van der Waals surface area contributed by atoms with Crippen molar-refractivity contribution in [2.45, 2.75) is 54.4 Å². The standard InChI is InChI=1S/C48H42N2O2S/c1-47(2,3)26-28-18-20-35-39(22-28)52-45-41(35)33-14-7-8-15-34(33)44(51)42(45)43-46-36(32-19-17-29(23-40(32)53-46)27-48(4,5)6)25-38(50-43)31-13-11-12-30(24-31)37-16-9-10-21-49-37/h7-25,51H,26-27H2,1-6H3. The average molecular weight is 711 g/mol. The van der Waals surface area contributed by atoms with Crippen molar-refractivity contribution in [2.75, 3.05) is 0 Å². The van der Waals surface area contributed by atoms with Crippen LogP contribution in [-0.4, -0.2) is 15.1 Å². The lowest BCUT2D eigenvalue weighted by atomic mass is 9.88. The minimum atomic E-state index is 0.133. The van der Waals surface area contributed by atoms with E-state index in [0.717, 1.165) is 78.3 Å². The van der Waals surface area contributed by atoms with Crippen LogP contribution in [0.1, 0.15) is 52.7 Å². The molecule has 0 saturated heterocycles. The van der Waals surface area contributed by atoms with E-state index in [0.29, 0.717) is 11.1 Å². The molecule has 0 atom stereocenters. The van der Waals surface area contributed by atoms with Gasteiger partial charge in [0.05, 0.1) is 27.3 Å². The van der Waals surface area contributed by atoms with Crippen LogP contribution in [0.15, 0.2) is 120 Å². The van der Waals surface area contributed by atoms with Crippen molar-refractivity contribution >= 4 is 64.2 Å². The molecular formula is C48H42N2O2S. The van der Waals surface area contributed by atoms with Crippen molar-refractivity contribution in [3.63, 3.8) is 0 Å². The zero-order valence-corrected chi connectivity index (χ0v) is 31.9. The second-order valence-corrected chi connectivity index (χ2v) is 17.9. The topological polar surface area (TPSA) is 59.2 Å². The normalized spacial score (nSPS) is 12.6. The van der Waals surface area contributed by atoms with Crippen LogP contribution in [0.25, 0.3) is 86.7 Å². The van der Waals surface area contributed by atoms with E-state index >= 15 is 0 Å². The van der Waals surface area contributed by atoms with Crippen molar-refractivity contribution in [2.24, 2.45) is 10.8 Å². The second-order valence-electron chi connectivity index (χ2n) is 16.8. The Labute approximate surface area is 313 Å². The Kier molecular flexibility index (Phi) is 7.72. The van der Waals surface area contributed by atoms with Crippen LogP contribution in [0.2, 0.25) is 0 Å². The molecule has 0 aliphatic heterocycles. The SMILES string of the molecule is CC(C)(C)Cc1ccc2c(c1)oc1c(-c3nc(-c4cccc(-c5ccccn5)c4)cc4c3sc3cc(CC(C)(C)C)ccc34)c(O)c3ccccc3c12. The maximum atomic E-state index is 12.4. The molecule has 0 spiro atoms. The van der Waals surface area contributed by atoms with E-state index in [1.165, 1.54) is 21.2 Å². The van der Waals surface area contributed by atoms with Gasteiger partial charge in [0.15, 0.2) is 0 Å². The minimum absolute atomic E-state index is 0.133. The van der Waals surface area contributed by atoms with Gasteiger partial charge in [-0.3, -0.25) is 4.98 Å². The van der Waals surface area contributed by atoms with Crippen molar-refractivity contribution in [3.8, 4) is 39.5 Å². The number of hydrogen-bond donors (Lipinski definition) is 1. The number of hydrogen-bond acceptors (Lipinski definition) is 5. The summed E-state index contributed by atoms with van der Waals surface area (Å²) in [6, 6.07) is 38.1. The lowest BCUT2D eigenvalue weighted by molar-refractivity contribution is 0.411. The van der Waals surface area contributed by atoms with Gasteiger partial charge in [0, 0.05) is 49.0 Å². The first-order chi connectivity index (χ1) is 25.4. The predicted octanol–water partition coefficient (Wildman–Crippen LogP) is 13.8. The molecule has 0 aliphatic rings. The highest BCUT2D eigenvalue weighted by Crippen LogP contribution is 2.51. The number of furan rings is 1. The predicted molar refractivity (Wildman–Crippen MR) is 224 cm³/mol. The molecule has 1 N–H and O–H groups in total. The maximum Gasteiger partial charge on any atom is 0.149 e. The zero-order chi connectivity index (χ0) is 36.6. The van der Waals surface area contributed by atoms with Gasteiger partial charge >= 0.3 is 0 Å². The third-order valence-electron chi connectivity index (χ3n) is 10.0. The Morgan fingerprint density at radius 3 is 2.02 bits per heavy atom. The van der Waals surface area contributed by atoms with Crippen molar-refractivity contribution in [3.05, 3.63) is 127 Å². The number of aromatic hydroxyl groups is 1. The van der Waals surface area contributed by atoms with E-state index in [9.17, 15) is 5.11 Å². The Morgan fingerprint density at radius 2 is 1.30 bits per heavy atom. The second kappa shape index (κ2) is 12.3. The molecule has 262 valence electrons. The molecular weight excluding hydrogens is 669 g/mol. The Bertz CT molecular complexity index is 2870. The highest BCUT2D eigenvalue weighted by molar-refractivity contribution is 7.26. The van der Waals surface area contributed by atoms with E-state index in [2.05, 4.69) is 119 Å². The first kappa shape index (κ1) is 33.3. The fourth-order valence-electron chi connectivity index (χ4n) is 7.91. The number of rotatable bonds is 5. The summed E-state index contributed by atoms with van der Waals surface area (Å²) >= 11 is 1.74. The van der Waals surface area contributed by atoms with E-state index in [4.69, 9.17) is 9.40 Å². The summed E-state index contributed by atoms with van der Waals surface area (Å²) in [4.78, 5) is 10.1. The molecule has 9 aromatic rings. The minimum Gasteiger partial charge on any atom is -0.506 e. The first-order valence-electron chi connectivity index (χ1n) is 18.4. The number of nitrogens with zero attached hydrogens (tertiary/aromatic N) is 2. The molecule has 53 heavy (non-hydrogen) atoms. The number of aromatic nitrogens is 2. The number of pyridine rings is 2. The monoisotopic (exact) mass is 710 g/mol. The highest BCUT2D eigenvalue weighted by Gasteiger charge is 2.26. The highest BCUT2D eigenvalue weighted by atomic mass is 32.1. The third kappa shape index (κ3) is 6.03. The van der Waals surface area contributed by atoms with Gasteiger partial charge in [-0.2, -0.15) is 0 Å². The summed E-state index contributed by atoms with van der Waals surface area (Å²) in [5.74, 6) is 0.182. The van der Waals surface area contributed by atoms with E-state index < -0.39 is 0 Å². The van der Waals surface area contributed by atoms with Gasteiger partial charge in [-0.15, -0.1) is 11.3 Å². The Morgan fingerprint density at radius 1 is 0.623 bits per heavy atom. The summed E-state index contributed by atoms with van der Waals surface area (Å²) in [5, 5.41) is 18.5. The van der Waals surface area contributed by atoms with Crippen molar-refractivity contribution in [1.29, 1.82) is 0 Å². The quantitative estimate of drug-likeness (QED) is 0.193. The van der Waals surface area contributed by atoms with Crippen LogP contribution < -0.4 is 0 Å². The van der Waals surface area contributed by atoms with Crippen LogP contribution in [0, 0.1) is 10.8 Å². The maximum absolute atomic E-state index is 12.4. The molecule has 4 aromatic heterocycles. The summed E-state index contributed by atoms with van der Waals surface area (Å²) in [5.41, 5.74) is 9.40.